The molecular formula is C22H28AcN7O6-. The molecule has 0 aliphatic carbocycles. The zero-order valence-corrected chi connectivity index (χ0v) is 24.4. The molecule has 2 heterocycles. The van der Waals surface area contributed by atoms with Crippen molar-refractivity contribution in [1.29, 1.82) is 0 Å². The molecule has 0 saturated carbocycles. The third-order valence-electron chi connectivity index (χ3n) is 5.90. The maximum atomic E-state index is 13.5. The number of carboxylic acid groups (broad SMARTS) is 1. The van der Waals surface area contributed by atoms with Crippen LogP contribution in [0.25, 0.3) is 5.73 Å². The number of amides is 5. The van der Waals surface area contributed by atoms with Gasteiger partial charge in [-0.3, -0.25) is 24.1 Å². The van der Waals surface area contributed by atoms with Gasteiger partial charge in [-0.15, -0.1) is 0 Å². The van der Waals surface area contributed by atoms with Crippen LogP contribution in [0.15, 0.2) is 23.3 Å². The molecule has 1 aromatic rings. The second kappa shape index (κ2) is 13.1. The SMILES string of the molecule is CC[C@H]([NH-])C(=O)N[C@H]1CCc2cccc3c2N(C1=O)[C@H](C(=O)N[C@H](/C=N/NC(N)=O)CC(=O)O)C3.[Ac]. The van der Waals surface area contributed by atoms with E-state index in [9.17, 15) is 29.1 Å². The maximum Gasteiger partial charge on any atom is 0.332 e. The number of para-hydroxylation sites is 1. The van der Waals surface area contributed by atoms with Crippen LogP contribution in [-0.4, -0.2) is 65.2 Å². The average molecular weight is 714 g/mol. The first-order valence-corrected chi connectivity index (χ1v) is 11.2. The number of nitrogens with one attached hydrogen (secondary N) is 4. The minimum absolute atomic E-state index is 0. The zero-order valence-electron chi connectivity index (χ0n) is 19.7. The smallest absolute Gasteiger partial charge is 0.332 e. The fraction of sp³-hybridized carbons (Fsp3) is 0.455. The van der Waals surface area contributed by atoms with Gasteiger partial charge in [0.05, 0.1) is 18.2 Å². The Labute approximate surface area is 243 Å². The molecule has 3 rings (SSSR count). The predicted octanol–water partition coefficient (Wildman–Crippen LogP) is -0.180. The number of carbonyl (C=O) groups is 5. The van der Waals surface area contributed by atoms with E-state index in [1.807, 2.05) is 23.6 Å². The Morgan fingerprint density at radius 2 is 2.00 bits per heavy atom. The van der Waals surface area contributed by atoms with Crippen LogP contribution in [0, 0.1) is 44.1 Å². The summed E-state index contributed by atoms with van der Waals surface area (Å²) in [5, 5.41) is 17.9. The number of benzene rings is 1. The van der Waals surface area contributed by atoms with Crippen molar-refractivity contribution in [3.63, 3.8) is 0 Å². The van der Waals surface area contributed by atoms with Gasteiger partial charge < -0.3 is 27.2 Å². The van der Waals surface area contributed by atoms with Gasteiger partial charge in [0.2, 0.25) is 17.7 Å². The Kier molecular flexibility index (Phi) is 10.8. The van der Waals surface area contributed by atoms with Gasteiger partial charge in [0, 0.05) is 56.7 Å². The Balaban J connectivity index is 0.00000456. The van der Waals surface area contributed by atoms with Crippen molar-refractivity contribution < 1.29 is 73.1 Å². The Morgan fingerprint density at radius 3 is 2.64 bits per heavy atom. The van der Waals surface area contributed by atoms with E-state index < -0.39 is 60.3 Å². The summed E-state index contributed by atoms with van der Waals surface area (Å²) in [6, 6.07) is 0.569. The normalized spacial score (nSPS) is 19.9. The molecule has 0 bridgehead atoms. The second-order valence-corrected chi connectivity index (χ2v) is 8.38. The van der Waals surface area contributed by atoms with Crippen molar-refractivity contribution in [3.8, 4) is 0 Å². The summed E-state index contributed by atoms with van der Waals surface area (Å²) in [6.07, 6.45) is 1.82. The molecule has 0 saturated heterocycles. The zero-order chi connectivity index (χ0) is 25.7. The standard InChI is InChI=1S/C22H28N7O6.Ac/c1-2-14(23)19(32)27-15-7-6-11-4-3-5-12-8-16(29(18(11)12)21(15)34)20(33)26-13(9-17(30)31)10-25-28-22(24)35;/h3-5,10,13-16,23H,2,6-9H2,1H3,(H,26,33)(H,27,32)(H,30,31)(H3,24,28,35);/q-1;/b25-10+;/t13-,14-,15-,16-;/m0./s1. The van der Waals surface area contributed by atoms with E-state index in [0.29, 0.717) is 24.9 Å². The van der Waals surface area contributed by atoms with Crippen molar-refractivity contribution >= 4 is 41.6 Å². The first kappa shape index (κ1) is 29.7. The Morgan fingerprint density at radius 1 is 1.31 bits per heavy atom. The molecule has 2 aliphatic rings. The average Bonchev–Trinajstić information content (AvgIpc) is 3.14. The summed E-state index contributed by atoms with van der Waals surface area (Å²) in [7, 11) is 0. The van der Waals surface area contributed by atoms with E-state index in [1.54, 1.807) is 6.92 Å². The van der Waals surface area contributed by atoms with Crippen LogP contribution in [0.1, 0.15) is 37.3 Å². The molecule has 191 valence electrons. The number of carboxylic acids is 1. The summed E-state index contributed by atoms with van der Waals surface area (Å²) in [6.45, 7) is 1.70. The molecule has 0 fully saturated rings. The van der Waals surface area contributed by atoms with E-state index in [2.05, 4.69) is 15.7 Å². The number of primary amides is 1. The number of urea groups is 1. The minimum Gasteiger partial charge on any atom is -0.667 e. The van der Waals surface area contributed by atoms with E-state index >= 15 is 0 Å². The molecule has 36 heavy (non-hydrogen) atoms. The van der Waals surface area contributed by atoms with E-state index in [1.165, 1.54) is 4.90 Å². The van der Waals surface area contributed by atoms with Gasteiger partial charge in [0.1, 0.15) is 12.1 Å². The first-order valence-electron chi connectivity index (χ1n) is 11.2. The molecule has 5 amide bonds. The van der Waals surface area contributed by atoms with E-state index in [0.717, 1.165) is 17.3 Å². The topological polar surface area (TPSA) is 207 Å². The Bertz CT molecular complexity index is 1070. The van der Waals surface area contributed by atoms with Crippen LogP contribution < -0.4 is 26.7 Å². The monoisotopic (exact) mass is 713 g/mol. The van der Waals surface area contributed by atoms with Crippen molar-refractivity contribution in [3.05, 3.63) is 35.1 Å². The van der Waals surface area contributed by atoms with E-state index in [-0.39, 0.29) is 50.5 Å². The number of carbonyl (C=O) groups excluding carboxylic acids is 4. The summed E-state index contributed by atoms with van der Waals surface area (Å²) in [5.41, 5.74) is 17.0. The number of anilines is 1. The fourth-order valence-electron chi connectivity index (χ4n) is 4.23. The summed E-state index contributed by atoms with van der Waals surface area (Å²) < 4.78 is 0. The molecule has 2 aliphatic heterocycles. The van der Waals surface area contributed by atoms with Crippen LogP contribution in [0.3, 0.4) is 0 Å². The largest absolute Gasteiger partial charge is 0.667 e. The number of nitrogens with two attached hydrogens (primary N) is 1. The van der Waals surface area contributed by atoms with Crippen LogP contribution in [0.4, 0.5) is 10.5 Å². The van der Waals surface area contributed by atoms with Crippen LogP contribution in [0.5, 0.6) is 0 Å². The summed E-state index contributed by atoms with van der Waals surface area (Å²) in [4.78, 5) is 62.6. The van der Waals surface area contributed by atoms with Gasteiger partial charge in [-0.2, -0.15) is 5.10 Å². The number of aryl methyl sites for hydroxylation is 1. The van der Waals surface area contributed by atoms with Gasteiger partial charge in [0.25, 0.3) is 0 Å². The number of rotatable bonds is 9. The summed E-state index contributed by atoms with van der Waals surface area (Å²) >= 11 is 0. The van der Waals surface area contributed by atoms with Gasteiger partial charge in [-0.1, -0.05) is 37.6 Å². The number of aliphatic carboxylic acids is 1. The van der Waals surface area contributed by atoms with Crippen molar-refractivity contribution in [1.82, 2.24) is 16.1 Å². The van der Waals surface area contributed by atoms with E-state index in [4.69, 9.17) is 11.5 Å². The molecular weight excluding hydrogens is 685 g/mol. The van der Waals surface area contributed by atoms with Gasteiger partial charge in [-0.25, -0.2) is 10.2 Å². The van der Waals surface area contributed by atoms with Gasteiger partial charge in [0.15, 0.2) is 0 Å². The first-order chi connectivity index (χ1) is 16.6. The quantitative estimate of drug-likeness (QED) is 0.173. The molecule has 0 spiro atoms. The number of hydrogen-bond donors (Lipinski definition) is 5. The molecule has 1 aromatic carbocycles. The van der Waals surface area contributed by atoms with Crippen molar-refractivity contribution in [2.24, 2.45) is 10.8 Å². The second-order valence-electron chi connectivity index (χ2n) is 8.38. The van der Waals surface area contributed by atoms with Crippen molar-refractivity contribution in [2.75, 3.05) is 4.90 Å². The molecule has 1 radical (unpaired) electrons. The molecule has 4 atom stereocenters. The Hall–Kier alpha value is -2.56. The van der Waals surface area contributed by atoms with Crippen LogP contribution in [-0.2, 0) is 32.0 Å². The van der Waals surface area contributed by atoms with Crippen LogP contribution >= 0.6 is 0 Å². The molecule has 7 N–H and O–H groups in total. The number of hydrogen-bond acceptors (Lipinski definition) is 6. The van der Waals surface area contributed by atoms with Gasteiger partial charge >= 0.3 is 12.0 Å². The van der Waals surface area contributed by atoms with Gasteiger partial charge in [-0.05, 0) is 24.0 Å². The minimum atomic E-state index is -1.22. The van der Waals surface area contributed by atoms with Crippen molar-refractivity contribution in [2.45, 2.75) is 63.2 Å². The maximum absolute atomic E-state index is 13.5. The number of hydrazone groups is 1. The predicted molar refractivity (Wildman–Crippen MR) is 125 cm³/mol. The summed E-state index contributed by atoms with van der Waals surface area (Å²) in [5.74, 6) is -2.86. The molecule has 0 unspecified atom stereocenters. The third-order valence-corrected chi connectivity index (χ3v) is 5.90. The molecule has 13 nitrogen and oxygen atoms in total. The third kappa shape index (κ3) is 7.02. The van der Waals surface area contributed by atoms with Crippen LogP contribution in [0.2, 0.25) is 0 Å². The fourth-order valence-corrected chi connectivity index (χ4v) is 4.23. The molecule has 14 heteroatoms. The molecule has 0 aromatic heterocycles. The number of nitrogens with zero attached hydrogens (tertiary/aromatic N) is 2.